The second-order valence-electron chi connectivity index (χ2n) is 6.16. The zero-order chi connectivity index (χ0) is 17.9. The highest BCUT2D eigenvalue weighted by Gasteiger charge is 2.27. The molecule has 1 aromatic heterocycles. The summed E-state index contributed by atoms with van der Waals surface area (Å²) in [5, 5.41) is 3.19. The molecular formula is C16H23N3O4S. The Bertz CT molecular complexity index is 633. The molecule has 1 fully saturated rings. The highest BCUT2D eigenvalue weighted by molar-refractivity contribution is 7.17. The van der Waals surface area contributed by atoms with Crippen LogP contribution in [0.4, 0.5) is 5.13 Å². The summed E-state index contributed by atoms with van der Waals surface area (Å²) in [7, 11) is 0. The number of nitrogens with zero attached hydrogens (tertiary/aromatic N) is 2. The fourth-order valence-corrected chi connectivity index (χ4v) is 3.42. The summed E-state index contributed by atoms with van der Waals surface area (Å²) in [6.07, 6.45) is 1.07. The number of carbonyl (C=O) groups is 3. The molecule has 2 rings (SSSR count). The van der Waals surface area contributed by atoms with Crippen molar-refractivity contribution >= 4 is 34.3 Å². The molecule has 2 amide bonds. The van der Waals surface area contributed by atoms with E-state index in [1.54, 1.807) is 25.7 Å². The van der Waals surface area contributed by atoms with Crippen molar-refractivity contribution in [2.45, 2.75) is 46.6 Å². The molecule has 0 radical (unpaired) electrons. The summed E-state index contributed by atoms with van der Waals surface area (Å²) in [4.78, 5) is 42.0. The van der Waals surface area contributed by atoms with Crippen molar-refractivity contribution in [1.29, 1.82) is 0 Å². The Morgan fingerprint density at radius 1 is 1.29 bits per heavy atom. The van der Waals surface area contributed by atoms with E-state index in [1.807, 2.05) is 0 Å². The van der Waals surface area contributed by atoms with Gasteiger partial charge in [0.25, 0.3) is 0 Å². The molecule has 1 aliphatic rings. The third-order valence-corrected chi connectivity index (χ3v) is 4.92. The average Bonchev–Trinajstić information content (AvgIpc) is 2.87. The van der Waals surface area contributed by atoms with Gasteiger partial charge >= 0.3 is 5.97 Å². The smallest absolute Gasteiger partial charge is 0.350 e. The summed E-state index contributed by atoms with van der Waals surface area (Å²) in [6, 6.07) is 0. The maximum atomic E-state index is 12.3. The summed E-state index contributed by atoms with van der Waals surface area (Å²) in [5.41, 5.74) is 0.548. The molecule has 0 aliphatic carbocycles. The van der Waals surface area contributed by atoms with E-state index in [0.717, 1.165) is 11.3 Å². The summed E-state index contributed by atoms with van der Waals surface area (Å²) >= 11 is 1.13. The molecule has 0 bridgehead atoms. The van der Waals surface area contributed by atoms with Gasteiger partial charge in [0, 0.05) is 25.9 Å². The Labute approximate surface area is 145 Å². The predicted octanol–water partition coefficient (Wildman–Crippen LogP) is 2.21. The molecule has 0 atom stereocenters. The number of anilines is 1. The van der Waals surface area contributed by atoms with E-state index in [4.69, 9.17) is 4.74 Å². The molecule has 132 valence electrons. The Hall–Kier alpha value is -1.96. The summed E-state index contributed by atoms with van der Waals surface area (Å²) in [6.45, 7) is 8.01. The van der Waals surface area contributed by atoms with Crippen LogP contribution in [-0.2, 0) is 14.3 Å². The third kappa shape index (κ3) is 4.53. The Morgan fingerprint density at radius 2 is 1.92 bits per heavy atom. The Kier molecular flexibility index (Phi) is 5.93. The Balaban J connectivity index is 1.95. The number of aromatic nitrogens is 1. The summed E-state index contributed by atoms with van der Waals surface area (Å²) < 4.78 is 5.17. The second-order valence-corrected chi connectivity index (χ2v) is 7.16. The lowest BCUT2D eigenvalue weighted by Gasteiger charge is -2.30. The number of thiazole rings is 1. The lowest BCUT2D eigenvalue weighted by atomic mass is 9.96. The van der Waals surface area contributed by atoms with E-state index < -0.39 is 5.97 Å². The number of nitrogens with one attached hydrogen (secondary N) is 1. The van der Waals surface area contributed by atoms with Gasteiger partial charge in [0.2, 0.25) is 11.8 Å². The summed E-state index contributed by atoms with van der Waals surface area (Å²) in [5.74, 6) is -0.639. The van der Waals surface area contributed by atoms with Gasteiger partial charge in [-0.2, -0.15) is 0 Å². The largest absolute Gasteiger partial charge is 0.459 e. The van der Waals surface area contributed by atoms with Crippen LogP contribution in [0.2, 0.25) is 0 Å². The van der Waals surface area contributed by atoms with Crippen LogP contribution in [0, 0.1) is 12.8 Å². The number of hydrogen-bond donors (Lipinski definition) is 1. The van der Waals surface area contributed by atoms with Gasteiger partial charge in [-0.3, -0.25) is 9.59 Å². The number of rotatable bonds is 4. The van der Waals surface area contributed by atoms with Crippen LogP contribution in [0.1, 0.15) is 49.0 Å². The quantitative estimate of drug-likeness (QED) is 0.839. The molecule has 1 aliphatic heterocycles. The van der Waals surface area contributed by atoms with Gasteiger partial charge in [-0.15, -0.1) is 0 Å². The third-order valence-electron chi connectivity index (χ3n) is 3.87. The van der Waals surface area contributed by atoms with Crippen molar-refractivity contribution in [3.05, 3.63) is 10.6 Å². The second kappa shape index (κ2) is 7.74. The number of carbonyl (C=O) groups excluding carboxylic acids is 3. The van der Waals surface area contributed by atoms with Crippen LogP contribution in [0.3, 0.4) is 0 Å². The van der Waals surface area contributed by atoms with Gasteiger partial charge in [0.1, 0.15) is 4.88 Å². The Morgan fingerprint density at radius 3 is 2.46 bits per heavy atom. The molecule has 0 saturated carbocycles. The molecule has 0 aromatic carbocycles. The topological polar surface area (TPSA) is 88.6 Å². The minimum absolute atomic E-state index is 0.0395. The van der Waals surface area contributed by atoms with Gasteiger partial charge in [0.15, 0.2) is 5.13 Å². The number of esters is 1. The van der Waals surface area contributed by atoms with Crippen LogP contribution < -0.4 is 5.32 Å². The zero-order valence-electron chi connectivity index (χ0n) is 14.4. The van der Waals surface area contributed by atoms with Gasteiger partial charge in [-0.1, -0.05) is 11.3 Å². The molecular weight excluding hydrogens is 330 g/mol. The van der Waals surface area contributed by atoms with Crippen molar-refractivity contribution in [2.24, 2.45) is 5.92 Å². The molecule has 1 N–H and O–H groups in total. The van der Waals surface area contributed by atoms with Crippen LogP contribution in [0.15, 0.2) is 0 Å². The van der Waals surface area contributed by atoms with Crippen LogP contribution in [0.5, 0.6) is 0 Å². The van der Waals surface area contributed by atoms with Gasteiger partial charge < -0.3 is 15.0 Å². The fraction of sp³-hybridized carbons (Fsp3) is 0.625. The van der Waals surface area contributed by atoms with Gasteiger partial charge in [-0.05, 0) is 33.6 Å². The minimum Gasteiger partial charge on any atom is -0.459 e. The number of ether oxygens (including phenoxy) is 1. The standard InChI is InChI=1S/C16H23N3O4S/c1-9(2)23-15(22)13-10(3)17-16(24-13)18-14(21)12-5-7-19(8-6-12)11(4)20/h9,12H,5-8H2,1-4H3,(H,17,18,21). The lowest BCUT2D eigenvalue weighted by Crippen LogP contribution is -2.40. The van der Waals surface area contributed by atoms with Crippen molar-refractivity contribution in [2.75, 3.05) is 18.4 Å². The monoisotopic (exact) mass is 353 g/mol. The van der Waals surface area contributed by atoms with Crippen LogP contribution in [-0.4, -0.2) is 46.9 Å². The van der Waals surface area contributed by atoms with Crippen LogP contribution >= 0.6 is 11.3 Å². The van der Waals surface area contributed by atoms with E-state index in [0.29, 0.717) is 41.6 Å². The normalized spacial score (nSPS) is 15.5. The number of piperidine rings is 1. The highest BCUT2D eigenvalue weighted by atomic mass is 32.1. The molecule has 0 spiro atoms. The van der Waals surface area contributed by atoms with Crippen molar-refractivity contribution in [3.8, 4) is 0 Å². The predicted molar refractivity (Wildman–Crippen MR) is 91.0 cm³/mol. The first-order valence-electron chi connectivity index (χ1n) is 8.02. The van der Waals surface area contributed by atoms with E-state index in [9.17, 15) is 14.4 Å². The first-order valence-corrected chi connectivity index (χ1v) is 8.84. The number of hydrogen-bond acceptors (Lipinski definition) is 6. The van der Waals surface area contributed by atoms with E-state index in [-0.39, 0.29) is 23.8 Å². The minimum atomic E-state index is -0.421. The van der Waals surface area contributed by atoms with E-state index in [1.165, 1.54) is 6.92 Å². The fourth-order valence-electron chi connectivity index (χ4n) is 2.57. The molecule has 0 unspecified atom stereocenters. The molecule has 24 heavy (non-hydrogen) atoms. The molecule has 8 heteroatoms. The van der Waals surface area contributed by atoms with E-state index in [2.05, 4.69) is 10.3 Å². The van der Waals surface area contributed by atoms with Crippen molar-refractivity contribution < 1.29 is 19.1 Å². The van der Waals surface area contributed by atoms with E-state index >= 15 is 0 Å². The number of amides is 2. The zero-order valence-corrected chi connectivity index (χ0v) is 15.2. The van der Waals surface area contributed by atoms with Gasteiger partial charge in [-0.25, -0.2) is 9.78 Å². The average molecular weight is 353 g/mol. The SMILES string of the molecule is CC(=O)N1CCC(C(=O)Nc2nc(C)c(C(=O)OC(C)C)s2)CC1. The molecule has 7 nitrogen and oxygen atoms in total. The van der Waals surface area contributed by atoms with Crippen molar-refractivity contribution in [3.63, 3.8) is 0 Å². The molecule has 1 saturated heterocycles. The number of aryl methyl sites for hydroxylation is 1. The van der Waals surface area contributed by atoms with Gasteiger partial charge in [0.05, 0.1) is 11.8 Å². The lowest BCUT2D eigenvalue weighted by molar-refractivity contribution is -0.132. The van der Waals surface area contributed by atoms with Crippen LogP contribution in [0.25, 0.3) is 0 Å². The first-order chi connectivity index (χ1) is 11.3. The number of likely N-dealkylation sites (tertiary alicyclic amines) is 1. The molecule has 1 aromatic rings. The first kappa shape index (κ1) is 18.4. The maximum absolute atomic E-state index is 12.3. The highest BCUT2D eigenvalue weighted by Crippen LogP contribution is 2.26. The maximum Gasteiger partial charge on any atom is 0.350 e. The van der Waals surface area contributed by atoms with Crippen molar-refractivity contribution in [1.82, 2.24) is 9.88 Å². The molecule has 2 heterocycles.